The van der Waals surface area contributed by atoms with Gasteiger partial charge >= 0.3 is 0 Å². The topological polar surface area (TPSA) is 21.7 Å². The van der Waals surface area contributed by atoms with Crippen LogP contribution in [0.3, 0.4) is 0 Å². The van der Waals surface area contributed by atoms with Crippen LogP contribution in [0.1, 0.15) is 13.3 Å². The molecule has 3 nitrogen and oxygen atoms in total. The fourth-order valence-corrected chi connectivity index (χ4v) is 2.15. The van der Waals surface area contributed by atoms with E-state index in [0.717, 1.165) is 32.7 Å². The van der Waals surface area contributed by atoms with Gasteiger partial charge in [-0.25, -0.2) is 0 Å². The lowest BCUT2D eigenvalue weighted by atomic mass is 9.94. The largest absolute Gasteiger partial charge is 0.375 e. The molecular formula is C9H17NO2. The van der Waals surface area contributed by atoms with E-state index in [1.807, 2.05) is 0 Å². The first-order valence-electron chi connectivity index (χ1n) is 4.67. The highest BCUT2D eigenvalue weighted by Gasteiger charge is 2.45. The number of morpholine rings is 1. The third kappa shape index (κ3) is 1.26. The Morgan fingerprint density at radius 2 is 2.25 bits per heavy atom. The van der Waals surface area contributed by atoms with Gasteiger partial charge in [0.05, 0.1) is 12.7 Å². The maximum atomic E-state index is 5.84. The van der Waals surface area contributed by atoms with E-state index in [1.165, 1.54) is 0 Å². The minimum atomic E-state index is 0.00694. The summed E-state index contributed by atoms with van der Waals surface area (Å²) in [7, 11) is 2.15. The van der Waals surface area contributed by atoms with Gasteiger partial charge in [0.2, 0.25) is 0 Å². The van der Waals surface area contributed by atoms with Gasteiger partial charge in [0, 0.05) is 26.1 Å². The lowest BCUT2D eigenvalue weighted by Gasteiger charge is -2.40. The summed E-state index contributed by atoms with van der Waals surface area (Å²) in [6, 6.07) is 0. The highest BCUT2D eigenvalue weighted by molar-refractivity contribution is 4.95. The van der Waals surface area contributed by atoms with E-state index in [9.17, 15) is 0 Å². The average molecular weight is 171 g/mol. The van der Waals surface area contributed by atoms with E-state index in [-0.39, 0.29) is 11.7 Å². The Hall–Kier alpha value is -0.120. The molecule has 2 fully saturated rings. The van der Waals surface area contributed by atoms with Crippen LogP contribution in [0, 0.1) is 0 Å². The summed E-state index contributed by atoms with van der Waals surface area (Å²) in [5.41, 5.74) is 0.00694. The third-order valence-corrected chi connectivity index (χ3v) is 3.03. The molecule has 3 heteroatoms. The van der Waals surface area contributed by atoms with Crippen LogP contribution in [0.5, 0.6) is 0 Å². The molecule has 0 radical (unpaired) electrons. The highest BCUT2D eigenvalue weighted by Crippen LogP contribution is 2.32. The summed E-state index contributed by atoms with van der Waals surface area (Å²) in [6.45, 7) is 5.90. The quantitative estimate of drug-likeness (QED) is 0.529. The van der Waals surface area contributed by atoms with Crippen molar-refractivity contribution in [3.63, 3.8) is 0 Å². The van der Waals surface area contributed by atoms with Crippen LogP contribution >= 0.6 is 0 Å². The first-order chi connectivity index (χ1) is 5.73. The van der Waals surface area contributed by atoms with Crippen LogP contribution in [0.15, 0.2) is 0 Å². The fraction of sp³-hybridized carbons (Fsp3) is 1.00. The monoisotopic (exact) mass is 171 g/mol. The number of hydrogen-bond acceptors (Lipinski definition) is 3. The van der Waals surface area contributed by atoms with Crippen LogP contribution in [0.25, 0.3) is 0 Å². The standard InChI is InChI=1S/C9H17NO2/c1-8-9(3-5-11-8)7-10(2)4-6-12-9/h8H,3-7H2,1-2H3. The zero-order valence-electron chi connectivity index (χ0n) is 7.88. The van der Waals surface area contributed by atoms with Crippen molar-refractivity contribution in [2.75, 3.05) is 33.4 Å². The molecule has 2 aliphatic heterocycles. The van der Waals surface area contributed by atoms with Gasteiger partial charge in [-0.15, -0.1) is 0 Å². The summed E-state index contributed by atoms with van der Waals surface area (Å²) in [6.07, 6.45) is 1.32. The number of nitrogens with zero attached hydrogens (tertiary/aromatic N) is 1. The van der Waals surface area contributed by atoms with Crippen molar-refractivity contribution in [3.05, 3.63) is 0 Å². The van der Waals surface area contributed by atoms with Gasteiger partial charge in [0.15, 0.2) is 0 Å². The van der Waals surface area contributed by atoms with Crippen molar-refractivity contribution in [3.8, 4) is 0 Å². The molecule has 0 saturated carbocycles. The summed E-state index contributed by atoms with van der Waals surface area (Å²) in [5.74, 6) is 0. The molecule has 2 heterocycles. The molecule has 0 aromatic carbocycles. The first-order valence-corrected chi connectivity index (χ1v) is 4.67. The van der Waals surface area contributed by atoms with E-state index < -0.39 is 0 Å². The molecule has 0 N–H and O–H groups in total. The molecule has 2 rings (SSSR count). The van der Waals surface area contributed by atoms with E-state index >= 15 is 0 Å². The Labute approximate surface area is 73.6 Å². The predicted molar refractivity (Wildman–Crippen MR) is 46.2 cm³/mol. The smallest absolute Gasteiger partial charge is 0.109 e. The average Bonchev–Trinajstić information content (AvgIpc) is 2.33. The minimum absolute atomic E-state index is 0.00694. The molecule has 0 amide bonds. The van der Waals surface area contributed by atoms with Crippen LogP contribution in [0.4, 0.5) is 0 Å². The van der Waals surface area contributed by atoms with E-state index in [2.05, 4.69) is 18.9 Å². The Morgan fingerprint density at radius 1 is 1.42 bits per heavy atom. The maximum absolute atomic E-state index is 5.84. The second kappa shape index (κ2) is 2.98. The zero-order valence-corrected chi connectivity index (χ0v) is 7.88. The second-order valence-corrected chi connectivity index (χ2v) is 3.91. The summed E-state index contributed by atoms with van der Waals surface area (Å²) in [5, 5.41) is 0. The molecule has 2 saturated heterocycles. The second-order valence-electron chi connectivity index (χ2n) is 3.91. The van der Waals surface area contributed by atoms with Crippen LogP contribution in [-0.2, 0) is 9.47 Å². The SMILES string of the molecule is CC1OCCC12CN(C)CCO2. The molecular weight excluding hydrogens is 154 g/mol. The molecule has 0 aromatic heterocycles. The van der Waals surface area contributed by atoms with E-state index in [1.54, 1.807) is 0 Å². The van der Waals surface area contributed by atoms with Gasteiger partial charge in [-0.3, -0.25) is 0 Å². The summed E-state index contributed by atoms with van der Waals surface area (Å²) in [4.78, 5) is 2.33. The Kier molecular flexibility index (Phi) is 2.10. The molecule has 1 spiro atoms. The normalized spacial score (nSPS) is 44.0. The molecule has 2 unspecified atom stereocenters. The van der Waals surface area contributed by atoms with Gasteiger partial charge in [0.25, 0.3) is 0 Å². The van der Waals surface area contributed by atoms with Gasteiger partial charge in [-0.2, -0.15) is 0 Å². The van der Waals surface area contributed by atoms with Crippen molar-refractivity contribution < 1.29 is 9.47 Å². The fourth-order valence-electron chi connectivity index (χ4n) is 2.15. The highest BCUT2D eigenvalue weighted by atomic mass is 16.6. The molecule has 0 bridgehead atoms. The van der Waals surface area contributed by atoms with Crippen molar-refractivity contribution in [1.29, 1.82) is 0 Å². The lowest BCUT2D eigenvalue weighted by molar-refractivity contribution is -0.130. The van der Waals surface area contributed by atoms with Crippen molar-refractivity contribution >= 4 is 0 Å². The molecule has 0 aliphatic carbocycles. The Bertz CT molecular complexity index is 174. The molecule has 70 valence electrons. The van der Waals surface area contributed by atoms with Gasteiger partial charge in [-0.05, 0) is 14.0 Å². The van der Waals surface area contributed by atoms with Crippen LogP contribution in [-0.4, -0.2) is 50.0 Å². The lowest BCUT2D eigenvalue weighted by Crippen LogP contribution is -2.54. The molecule has 12 heavy (non-hydrogen) atoms. The zero-order chi connectivity index (χ0) is 8.60. The molecule has 2 aliphatic rings. The first kappa shape index (κ1) is 8.48. The Balaban J connectivity index is 2.08. The van der Waals surface area contributed by atoms with Crippen LogP contribution in [0.2, 0.25) is 0 Å². The maximum Gasteiger partial charge on any atom is 0.109 e. The van der Waals surface area contributed by atoms with Gasteiger partial charge < -0.3 is 14.4 Å². The predicted octanol–water partition coefficient (Wildman–Crippen LogP) is 0.496. The van der Waals surface area contributed by atoms with Crippen molar-refractivity contribution in [1.82, 2.24) is 4.90 Å². The number of rotatable bonds is 0. The summed E-state index contributed by atoms with van der Waals surface area (Å²) >= 11 is 0. The van der Waals surface area contributed by atoms with Crippen LogP contribution < -0.4 is 0 Å². The van der Waals surface area contributed by atoms with E-state index in [4.69, 9.17) is 9.47 Å². The van der Waals surface area contributed by atoms with Gasteiger partial charge in [-0.1, -0.05) is 0 Å². The van der Waals surface area contributed by atoms with Crippen molar-refractivity contribution in [2.24, 2.45) is 0 Å². The minimum Gasteiger partial charge on any atom is -0.375 e. The van der Waals surface area contributed by atoms with Gasteiger partial charge in [0.1, 0.15) is 5.60 Å². The third-order valence-electron chi connectivity index (χ3n) is 3.03. The molecule has 2 atom stereocenters. The van der Waals surface area contributed by atoms with E-state index in [0.29, 0.717) is 0 Å². The number of hydrogen-bond donors (Lipinski definition) is 0. The molecule has 0 aromatic rings. The summed E-state index contributed by atoms with van der Waals surface area (Å²) < 4.78 is 11.4. The van der Waals surface area contributed by atoms with Crippen molar-refractivity contribution in [2.45, 2.75) is 25.0 Å². The Morgan fingerprint density at radius 3 is 2.83 bits per heavy atom. The number of likely N-dealkylation sites (N-methyl/N-ethyl adjacent to an activating group) is 1. The number of ether oxygens (including phenoxy) is 2.